The third-order valence-corrected chi connectivity index (χ3v) is 3.29. The van der Waals surface area contributed by atoms with Gasteiger partial charge in [-0.2, -0.15) is 0 Å². The van der Waals surface area contributed by atoms with Crippen molar-refractivity contribution in [3.63, 3.8) is 0 Å². The summed E-state index contributed by atoms with van der Waals surface area (Å²) in [5.74, 6) is 0.371. The van der Waals surface area contributed by atoms with Crippen LogP contribution in [0.3, 0.4) is 0 Å². The van der Waals surface area contributed by atoms with Crippen molar-refractivity contribution in [2.45, 2.75) is 33.7 Å². The van der Waals surface area contributed by atoms with Gasteiger partial charge in [-0.1, -0.05) is 57.0 Å². The molecule has 0 saturated heterocycles. The van der Waals surface area contributed by atoms with Crippen molar-refractivity contribution in [1.29, 1.82) is 0 Å². The van der Waals surface area contributed by atoms with Crippen LogP contribution in [0.25, 0.3) is 6.08 Å². The maximum Gasteiger partial charge on any atom is 0.288 e. The first-order chi connectivity index (χ1) is 9.31. The normalized spacial score (nSPS) is 12.2. The zero-order valence-electron chi connectivity index (χ0n) is 12.3. The summed E-state index contributed by atoms with van der Waals surface area (Å²) in [5.41, 5.74) is 1.95. The molecule has 0 aromatic heterocycles. The van der Waals surface area contributed by atoms with Gasteiger partial charge in [0.25, 0.3) is 5.69 Å². The van der Waals surface area contributed by atoms with Crippen LogP contribution in [0.2, 0.25) is 5.02 Å². The molecule has 1 N–H and O–H groups in total. The third-order valence-electron chi connectivity index (χ3n) is 2.97. The van der Waals surface area contributed by atoms with Crippen LogP contribution in [0.5, 0.6) is 0 Å². The fourth-order valence-corrected chi connectivity index (χ4v) is 1.90. The minimum Gasteiger partial charge on any atom is -0.311 e. The number of benzene rings is 1. The summed E-state index contributed by atoms with van der Waals surface area (Å²) in [7, 11) is 0. The van der Waals surface area contributed by atoms with Crippen molar-refractivity contribution in [2.75, 3.05) is 6.54 Å². The fraction of sp³-hybridized carbons (Fsp3) is 0.467. The van der Waals surface area contributed by atoms with E-state index in [-0.39, 0.29) is 10.7 Å². The molecule has 110 valence electrons. The van der Waals surface area contributed by atoms with Gasteiger partial charge in [0.05, 0.1) is 4.92 Å². The molecule has 1 aromatic rings. The summed E-state index contributed by atoms with van der Waals surface area (Å²) in [4.78, 5) is 10.4. The summed E-state index contributed by atoms with van der Waals surface area (Å²) >= 11 is 5.82. The predicted molar refractivity (Wildman–Crippen MR) is 84.1 cm³/mol. The molecule has 0 unspecified atom stereocenters. The number of hydrogen-bond donors (Lipinski definition) is 1. The van der Waals surface area contributed by atoms with Crippen LogP contribution < -0.4 is 5.32 Å². The molecule has 0 aliphatic heterocycles. The van der Waals surface area contributed by atoms with Gasteiger partial charge in [-0.15, -0.1) is 0 Å². The highest BCUT2D eigenvalue weighted by Gasteiger charge is 2.12. The number of hydrogen-bond acceptors (Lipinski definition) is 3. The maximum atomic E-state index is 10.9. The van der Waals surface area contributed by atoms with E-state index in [2.05, 4.69) is 33.0 Å². The Kier molecular flexibility index (Phi) is 6.17. The van der Waals surface area contributed by atoms with Gasteiger partial charge in [-0.05, 0) is 17.5 Å². The SMILES string of the molecule is CC(C)NCC(=Cc1ccc(Cl)c([N+](=O)[O-])c1)C(C)C. The third kappa shape index (κ3) is 4.94. The van der Waals surface area contributed by atoms with E-state index in [1.165, 1.54) is 11.6 Å². The van der Waals surface area contributed by atoms with Gasteiger partial charge >= 0.3 is 0 Å². The molecule has 0 amide bonds. The van der Waals surface area contributed by atoms with Crippen LogP contribution in [0, 0.1) is 16.0 Å². The van der Waals surface area contributed by atoms with E-state index in [1.807, 2.05) is 6.08 Å². The Hall–Kier alpha value is -1.39. The topological polar surface area (TPSA) is 55.2 Å². The number of nitro groups is 1. The minimum atomic E-state index is -0.457. The average Bonchev–Trinajstić information content (AvgIpc) is 2.35. The molecule has 1 rings (SSSR count). The molecule has 4 nitrogen and oxygen atoms in total. The second kappa shape index (κ2) is 7.41. The second-order valence-electron chi connectivity index (χ2n) is 5.38. The molecule has 0 saturated carbocycles. The highest BCUT2D eigenvalue weighted by Crippen LogP contribution is 2.26. The van der Waals surface area contributed by atoms with Crippen LogP contribution in [-0.4, -0.2) is 17.5 Å². The number of rotatable bonds is 6. The molecular formula is C15H21ClN2O2. The molecule has 20 heavy (non-hydrogen) atoms. The summed E-state index contributed by atoms with van der Waals surface area (Å²) in [6.45, 7) is 9.16. The summed E-state index contributed by atoms with van der Waals surface area (Å²) < 4.78 is 0. The van der Waals surface area contributed by atoms with E-state index in [0.717, 1.165) is 12.1 Å². The largest absolute Gasteiger partial charge is 0.311 e. The smallest absolute Gasteiger partial charge is 0.288 e. The quantitative estimate of drug-likeness (QED) is 0.629. The van der Waals surface area contributed by atoms with Crippen LogP contribution in [0.4, 0.5) is 5.69 Å². The van der Waals surface area contributed by atoms with E-state index in [9.17, 15) is 10.1 Å². The molecule has 0 radical (unpaired) electrons. The molecule has 0 aliphatic carbocycles. The molecule has 0 spiro atoms. The molecule has 0 fully saturated rings. The highest BCUT2D eigenvalue weighted by molar-refractivity contribution is 6.32. The van der Waals surface area contributed by atoms with Gasteiger partial charge in [0.2, 0.25) is 0 Å². The van der Waals surface area contributed by atoms with E-state index in [0.29, 0.717) is 12.0 Å². The van der Waals surface area contributed by atoms with E-state index >= 15 is 0 Å². The Bertz CT molecular complexity index is 511. The zero-order chi connectivity index (χ0) is 15.3. The monoisotopic (exact) mass is 296 g/mol. The fourth-order valence-electron chi connectivity index (χ4n) is 1.72. The number of nitrogens with zero attached hydrogens (tertiary/aromatic N) is 1. The van der Waals surface area contributed by atoms with Gasteiger partial charge in [0.15, 0.2) is 0 Å². The second-order valence-corrected chi connectivity index (χ2v) is 5.78. The first-order valence-corrected chi connectivity index (χ1v) is 7.06. The lowest BCUT2D eigenvalue weighted by molar-refractivity contribution is -0.384. The molecule has 0 atom stereocenters. The predicted octanol–water partition coefficient (Wildman–Crippen LogP) is 4.29. The summed E-state index contributed by atoms with van der Waals surface area (Å²) in [5, 5.41) is 14.4. The first-order valence-electron chi connectivity index (χ1n) is 6.69. The standard InChI is InChI=1S/C15H21ClN2O2/c1-10(2)13(9-17-11(3)4)7-12-5-6-14(16)15(8-12)18(19)20/h5-8,10-11,17H,9H2,1-4H3. The van der Waals surface area contributed by atoms with Crippen molar-refractivity contribution in [1.82, 2.24) is 5.32 Å². The van der Waals surface area contributed by atoms with Gasteiger partial charge in [0, 0.05) is 18.7 Å². The van der Waals surface area contributed by atoms with Gasteiger partial charge in [0.1, 0.15) is 5.02 Å². The highest BCUT2D eigenvalue weighted by atomic mass is 35.5. The Morgan fingerprint density at radius 3 is 2.55 bits per heavy atom. The molecule has 0 bridgehead atoms. The van der Waals surface area contributed by atoms with Crippen molar-refractivity contribution < 1.29 is 4.92 Å². The molecule has 1 aromatic carbocycles. The number of nitro benzene ring substituents is 1. The average molecular weight is 297 g/mol. The van der Waals surface area contributed by atoms with Crippen LogP contribution in [-0.2, 0) is 0 Å². The summed E-state index contributed by atoms with van der Waals surface area (Å²) in [6.07, 6.45) is 1.99. The van der Waals surface area contributed by atoms with Gasteiger partial charge < -0.3 is 5.32 Å². The Balaban J connectivity index is 3.04. The zero-order valence-corrected chi connectivity index (χ0v) is 13.1. The van der Waals surface area contributed by atoms with Crippen molar-refractivity contribution in [3.05, 3.63) is 44.5 Å². The Morgan fingerprint density at radius 1 is 1.40 bits per heavy atom. The van der Waals surface area contributed by atoms with Crippen LogP contribution >= 0.6 is 11.6 Å². The lowest BCUT2D eigenvalue weighted by Crippen LogP contribution is -2.26. The maximum absolute atomic E-state index is 10.9. The van der Waals surface area contributed by atoms with Gasteiger partial charge in [-0.3, -0.25) is 10.1 Å². The van der Waals surface area contributed by atoms with E-state index in [1.54, 1.807) is 12.1 Å². The van der Waals surface area contributed by atoms with Crippen molar-refractivity contribution in [3.8, 4) is 0 Å². The molecule has 0 heterocycles. The Morgan fingerprint density at radius 2 is 2.05 bits per heavy atom. The van der Waals surface area contributed by atoms with Crippen molar-refractivity contribution >= 4 is 23.4 Å². The molecule has 0 aliphatic rings. The lowest BCUT2D eigenvalue weighted by Gasteiger charge is -2.15. The van der Waals surface area contributed by atoms with Crippen LogP contribution in [0.15, 0.2) is 23.8 Å². The first kappa shape index (κ1) is 16.7. The minimum absolute atomic E-state index is 0.0552. The molecule has 5 heteroatoms. The number of halogens is 1. The lowest BCUT2D eigenvalue weighted by atomic mass is 10.00. The van der Waals surface area contributed by atoms with Crippen LogP contribution in [0.1, 0.15) is 33.3 Å². The van der Waals surface area contributed by atoms with Gasteiger partial charge in [-0.25, -0.2) is 0 Å². The number of nitrogens with one attached hydrogen (secondary N) is 1. The molecular weight excluding hydrogens is 276 g/mol. The van der Waals surface area contributed by atoms with E-state index < -0.39 is 4.92 Å². The van der Waals surface area contributed by atoms with Crippen molar-refractivity contribution in [2.24, 2.45) is 5.92 Å². The Labute approximate surface area is 125 Å². The van der Waals surface area contributed by atoms with E-state index in [4.69, 9.17) is 11.6 Å². The summed E-state index contributed by atoms with van der Waals surface area (Å²) in [6, 6.07) is 5.28.